The zero-order valence-electron chi connectivity index (χ0n) is 9.24. The van der Waals surface area contributed by atoms with Crippen molar-refractivity contribution in [2.75, 3.05) is 5.75 Å². The van der Waals surface area contributed by atoms with E-state index in [-0.39, 0.29) is 56.3 Å². The summed E-state index contributed by atoms with van der Waals surface area (Å²) in [6.45, 7) is -2.55. The standard InChI is InChI=1S/C9H9BF3O2S.K/c1-8(10(11,12)13)7-16(14,15)9-5-3-2-4-6-9;/h2-6H,1,7H2;/q-1;+1. The van der Waals surface area contributed by atoms with Crippen LogP contribution in [0.2, 0.25) is 0 Å². The van der Waals surface area contributed by atoms with E-state index in [1.54, 1.807) is 6.07 Å². The van der Waals surface area contributed by atoms with Crippen LogP contribution in [0, 0.1) is 0 Å². The molecule has 0 heterocycles. The Labute approximate surface area is 141 Å². The number of sulfone groups is 1. The van der Waals surface area contributed by atoms with Gasteiger partial charge in [-0.1, -0.05) is 18.2 Å². The summed E-state index contributed by atoms with van der Waals surface area (Å²) in [7, 11) is -3.95. The Kier molecular flexibility index (Phi) is 6.69. The van der Waals surface area contributed by atoms with Crippen LogP contribution in [0.5, 0.6) is 0 Å². The summed E-state index contributed by atoms with van der Waals surface area (Å²) in [5.41, 5.74) is -1.20. The predicted molar refractivity (Wildman–Crippen MR) is 56.7 cm³/mol. The first-order valence-electron chi connectivity index (χ1n) is 4.39. The summed E-state index contributed by atoms with van der Waals surface area (Å²) < 4.78 is 59.7. The Morgan fingerprint density at radius 1 is 1.18 bits per heavy atom. The van der Waals surface area contributed by atoms with Crippen LogP contribution in [0.25, 0.3) is 0 Å². The number of benzene rings is 1. The van der Waals surface area contributed by atoms with Crippen molar-refractivity contribution < 1.29 is 72.7 Å². The Morgan fingerprint density at radius 3 is 2.06 bits per heavy atom. The van der Waals surface area contributed by atoms with E-state index in [9.17, 15) is 21.4 Å². The van der Waals surface area contributed by atoms with Crippen molar-refractivity contribution >= 4 is 16.8 Å². The summed E-state index contributed by atoms with van der Waals surface area (Å²) in [6.07, 6.45) is 0. The molecule has 0 radical (unpaired) electrons. The molecule has 0 atom stereocenters. The topological polar surface area (TPSA) is 34.1 Å². The van der Waals surface area contributed by atoms with Crippen LogP contribution < -0.4 is 51.4 Å². The maximum absolute atomic E-state index is 12.2. The summed E-state index contributed by atoms with van der Waals surface area (Å²) in [5, 5.41) is 0. The Hall–Kier alpha value is 0.401. The van der Waals surface area contributed by atoms with Gasteiger partial charge in [-0.2, -0.15) is 0 Å². The molecule has 0 unspecified atom stereocenters. The minimum absolute atomic E-state index is 0. The molecular formula is C9H9BF3KO2S. The molecule has 8 heteroatoms. The second-order valence-electron chi connectivity index (χ2n) is 3.31. The monoisotopic (exact) mass is 288 g/mol. The van der Waals surface area contributed by atoms with Crippen LogP contribution in [-0.4, -0.2) is 21.1 Å². The first-order chi connectivity index (χ1) is 7.23. The molecule has 0 saturated carbocycles. The van der Waals surface area contributed by atoms with Gasteiger partial charge >= 0.3 is 58.4 Å². The maximum Gasteiger partial charge on any atom is 1.00 e. The first-order valence-corrected chi connectivity index (χ1v) is 6.04. The quantitative estimate of drug-likeness (QED) is 0.694. The molecule has 1 aromatic rings. The van der Waals surface area contributed by atoms with Crippen molar-refractivity contribution in [1.29, 1.82) is 0 Å². The average Bonchev–Trinajstić information content (AvgIpc) is 2.17. The van der Waals surface area contributed by atoms with Gasteiger partial charge in [-0.15, -0.1) is 12.1 Å². The van der Waals surface area contributed by atoms with Crippen molar-refractivity contribution in [3.8, 4) is 0 Å². The molecule has 0 fully saturated rings. The molecule has 2 nitrogen and oxygen atoms in total. The zero-order valence-corrected chi connectivity index (χ0v) is 13.2. The third-order valence-corrected chi connectivity index (χ3v) is 3.68. The van der Waals surface area contributed by atoms with Gasteiger partial charge in [0.05, 0.1) is 4.90 Å². The molecule has 0 aromatic heterocycles. The van der Waals surface area contributed by atoms with Crippen LogP contribution in [0.3, 0.4) is 0 Å². The van der Waals surface area contributed by atoms with E-state index < -0.39 is 28.0 Å². The first kappa shape index (κ1) is 17.4. The van der Waals surface area contributed by atoms with Crippen LogP contribution in [0.1, 0.15) is 0 Å². The SMILES string of the molecule is C=C(CS(=O)(=O)c1ccccc1)[B-](F)(F)F.[K+]. The van der Waals surface area contributed by atoms with Crippen LogP contribution in [-0.2, 0) is 9.84 Å². The number of hydrogen-bond acceptors (Lipinski definition) is 2. The third kappa shape index (κ3) is 5.27. The molecular weight excluding hydrogens is 279 g/mol. The summed E-state index contributed by atoms with van der Waals surface area (Å²) in [6, 6.07) is 7.00. The molecule has 0 aliphatic rings. The van der Waals surface area contributed by atoms with Gasteiger partial charge in [-0.05, 0) is 12.1 Å². The molecule has 0 bridgehead atoms. The fourth-order valence-electron chi connectivity index (χ4n) is 1.05. The third-order valence-electron chi connectivity index (χ3n) is 1.94. The maximum atomic E-state index is 12.2. The number of halogens is 3. The van der Waals surface area contributed by atoms with E-state index in [0.29, 0.717) is 0 Å². The summed E-state index contributed by atoms with van der Waals surface area (Å²) in [4.78, 5) is -0.129. The smallest absolute Gasteiger partial charge is 0.445 e. The van der Waals surface area contributed by atoms with E-state index in [1.165, 1.54) is 24.3 Å². The van der Waals surface area contributed by atoms with Crippen molar-refractivity contribution in [2.24, 2.45) is 0 Å². The Bertz CT molecular complexity index is 485. The van der Waals surface area contributed by atoms with Gasteiger partial charge in [0.25, 0.3) is 0 Å². The second-order valence-corrected chi connectivity index (χ2v) is 5.29. The molecule has 0 N–H and O–H groups in total. The van der Waals surface area contributed by atoms with Gasteiger partial charge in [0.1, 0.15) is 0 Å². The number of rotatable bonds is 4. The molecule has 88 valence electrons. The van der Waals surface area contributed by atoms with Gasteiger partial charge < -0.3 is 12.9 Å². The summed E-state index contributed by atoms with van der Waals surface area (Å²) >= 11 is 0. The largest absolute Gasteiger partial charge is 1.00 e. The van der Waals surface area contributed by atoms with E-state index in [0.717, 1.165) is 0 Å². The van der Waals surface area contributed by atoms with Gasteiger partial charge in [-0.3, -0.25) is 0 Å². The molecule has 0 aliphatic carbocycles. The van der Waals surface area contributed by atoms with Crippen LogP contribution >= 0.6 is 0 Å². The zero-order chi connectivity index (χ0) is 12.4. The Morgan fingerprint density at radius 2 is 1.65 bits per heavy atom. The summed E-state index contributed by atoms with van der Waals surface area (Å²) in [5.74, 6) is -1.08. The average molecular weight is 288 g/mol. The minimum Gasteiger partial charge on any atom is -0.445 e. The van der Waals surface area contributed by atoms with Crippen molar-refractivity contribution in [3.63, 3.8) is 0 Å². The molecule has 17 heavy (non-hydrogen) atoms. The van der Waals surface area contributed by atoms with Crippen molar-refractivity contribution in [3.05, 3.63) is 42.4 Å². The molecule has 0 aliphatic heterocycles. The van der Waals surface area contributed by atoms with Gasteiger partial charge in [0, 0.05) is 5.75 Å². The molecule has 0 spiro atoms. The van der Waals surface area contributed by atoms with Crippen LogP contribution in [0.4, 0.5) is 12.9 Å². The molecule has 0 saturated heterocycles. The van der Waals surface area contributed by atoms with Crippen molar-refractivity contribution in [2.45, 2.75) is 4.90 Å². The fraction of sp³-hybridized carbons (Fsp3) is 0.111. The van der Waals surface area contributed by atoms with E-state index in [4.69, 9.17) is 0 Å². The van der Waals surface area contributed by atoms with Gasteiger partial charge in [-0.25, -0.2) is 8.42 Å². The normalized spacial score (nSPS) is 11.7. The van der Waals surface area contributed by atoms with Gasteiger partial charge in [0.15, 0.2) is 9.84 Å². The van der Waals surface area contributed by atoms with Crippen LogP contribution in [0.15, 0.2) is 47.3 Å². The van der Waals surface area contributed by atoms with E-state index in [2.05, 4.69) is 6.58 Å². The van der Waals surface area contributed by atoms with E-state index >= 15 is 0 Å². The van der Waals surface area contributed by atoms with E-state index in [1.807, 2.05) is 0 Å². The predicted octanol–water partition coefficient (Wildman–Crippen LogP) is -0.593. The second kappa shape index (κ2) is 6.53. The fourth-order valence-corrected chi connectivity index (χ4v) is 2.47. The van der Waals surface area contributed by atoms with Crippen molar-refractivity contribution in [1.82, 2.24) is 0 Å². The molecule has 1 rings (SSSR count). The Balaban J connectivity index is 0.00000256. The molecule has 0 amide bonds. The number of hydrogen-bond donors (Lipinski definition) is 0. The van der Waals surface area contributed by atoms with Gasteiger partial charge in [0.2, 0.25) is 0 Å². The molecule has 1 aromatic carbocycles. The minimum atomic E-state index is -5.31.